The predicted octanol–water partition coefficient (Wildman–Crippen LogP) is 5.39. The fraction of sp³-hybridized carbons (Fsp3) is 0.343. The number of quaternary nitrogens is 1. The molecule has 44 heavy (non-hydrogen) atoms. The summed E-state index contributed by atoms with van der Waals surface area (Å²) in [5.41, 5.74) is 6.72. The average Bonchev–Trinajstić information content (AvgIpc) is 2.97. The number of nitrogens with zero attached hydrogens (tertiary/aromatic N) is 1. The summed E-state index contributed by atoms with van der Waals surface area (Å²) in [6.45, 7) is 13.4. The molecule has 9 heteroatoms. The Hall–Kier alpha value is -4.47. The van der Waals surface area contributed by atoms with Crippen molar-refractivity contribution in [1.82, 2.24) is 5.43 Å². The fourth-order valence-electron chi connectivity index (χ4n) is 5.15. The zero-order chi connectivity index (χ0) is 32.7. The van der Waals surface area contributed by atoms with Crippen molar-refractivity contribution in [3.63, 3.8) is 0 Å². The first-order chi connectivity index (χ1) is 20.8. The van der Waals surface area contributed by atoms with E-state index in [1.165, 1.54) is 34.2 Å². The van der Waals surface area contributed by atoms with Gasteiger partial charge in [0.1, 0.15) is 17.0 Å². The minimum Gasteiger partial charge on any atom is -0.494 e. The number of ether oxygens (including phenoxy) is 2. The smallest absolute Gasteiger partial charge is 0.335 e. The normalized spacial score (nSPS) is 14.1. The first-order valence-electron chi connectivity index (χ1n) is 14.6. The standard InChI is InChI=1S/C30H33N3O4.C5H10O2/c1-6-32-24-16-13-19-9-7-8-10-22(19)25(24)30(2,3)18-17-23-27(34)26(28(23)37-5)33(31-4)21-14-11-20(12-15-21)29(35)36;1-5(2,3)7-4-6/h7-17,31-32H,6,18H2,1-5H3,(H,35,36);4H,1-3H3/p+1/b23-17+;. The van der Waals surface area contributed by atoms with Gasteiger partial charge in [0.15, 0.2) is 5.76 Å². The van der Waals surface area contributed by atoms with Crippen molar-refractivity contribution < 1.29 is 34.3 Å². The van der Waals surface area contributed by atoms with Crippen LogP contribution in [0.25, 0.3) is 10.8 Å². The SMILES string of the molecule is CC(C)(C)OC=O.CC[NH2+]c1ccc2ccccc2c1C(C)(C)C/C=C1\C(=O)C(N(NC)c2ccc(C(=O)O)cc2)=C1OC. The Balaban J connectivity index is 0.000000676. The van der Waals surface area contributed by atoms with Crippen molar-refractivity contribution in [2.24, 2.45) is 0 Å². The zero-order valence-electron chi connectivity index (χ0n) is 26.9. The molecule has 0 amide bonds. The molecule has 4 rings (SSSR count). The van der Waals surface area contributed by atoms with Gasteiger partial charge in [-0.1, -0.05) is 44.2 Å². The number of hydrogen-bond acceptors (Lipinski definition) is 7. The van der Waals surface area contributed by atoms with E-state index in [-0.39, 0.29) is 22.4 Å². The zero-order valence-corrected chi connectivity index (χ0v) is 26.9. The number of rotatable bonds is 11. The molecule has 9 nitrogen and oxygen atoms in total. The summed E-state index contributed by atoms with van der Waals surface area (Å²) in [6, 6.07) is 19.1. The molecule has 234 valence electrons. The number of carboxylic acid groups (broad SMARTS) is 1. The third kappa shape index (κ3) is 7.72. The summed E-state index contributed by atoms with van der Waals surface area (Å²) in [5.74, 6) is -0.615. The molecule has 0 unspecified atom stereocenters. The molecule has 3 aromatic rings. The van der Waals surface area contributed by atoms with E-state index in [2.05, 4.69) is 72.6 Å². The van der Waals surface area contributed by atoms with Gasteiger partial charge < -0.3 is 19.9 Å². The highest BCUT2D eigenvalue weighted by Gasteiger charge is 2.40. The van der Waals surface area contributed by atoms with Crippen molar-refractivity contribution in [1.29, 1.82) is 0 Å². The Morgan fingerprint density at radius 3 is 2.20 bits per heavy atom. The van der Waals surface area contributed by atoms with Gasteiger partial charge in [-0.15, -0.1) is 0 Å². The van der Waals surface area contributed by atoms with Gasteiger partial charge in [-0.25, -0.2) is 10.2 Å². The van der Waals surface area contributed by atoms with E-state index < -0.39 is 5.97 Å². The molecule has 0 radical (unpaired) electrons. The van der Waals surface area contributed by atoms with E-state index in [4.69, 9.17) is 4.74 Å². The van der Waals surface area contributed by atoms with Crippen LogP contribution in [0.4, 0.5) is 11.4 Å². The molecule has 1 aliphatic carbocycles. The van der Waals surface area contributed by atoms with Gasteiger partial charge in [-0.05, 0) is 86.7 Å². The molecule has 0 fully saturated rings. The van der Waals surface area contributed by atoms with Crippen molar-refractivity contribution in [2.75, 3.05) is 25.7 Å². The molecule has 0 bridgehead atoms. The van der Waals surface area contributed by atoms with E-state index in [9.17, 15) is 19.5 Å². The van der Waals surface area contributed by atoms with Crippen LogP contribution in [-0.2, 0) is 24.5 Å². The Morgan fingerprint density at radius 1 is 1.02 bits per heavy atom. The molecule has 3 aromatic carbocycles. The highest BCUT2D eigenvalue weighted by Crippen LogP contribution is 2.40. The fourth-order valence-corrected chi connectivity index (χ4v) is 5.15. The number of aromatic carboxylic acids is 1. The molecular formula is C35H44N3O6+. The average molecular weight is 603 g/mol. The first-order valence-corrected chi connectivity index (χ1v) is 14.6. The largest absolute Gasteiger partial charge is 0.494 e. The number of hydrogen-bond donors (Lipinski definition) is 3. The number of ketones is 1. The number of benzene rings is 3. The predicted molar refractivity (Wildman–Crippen MR) is 173 cm³/mol. The summed E-state index contributed by atoms with van der Waals surface area (Å²) in [6.07, 6.45) is 2.63. The number of carbonyl (C=O) groups is 3. The van der Waals surface area contributed by atoms with E-state index in [1.54, 1.807) is 31.3 Å². The van der Waals surface area contributed by atoms with Gasteiger partial charge in [0.2, 0.25) is 5.78 Å². The van der Waals surface area contributed by atoms with Gasteiger partial charge in [0.05, 0.1) is 30.5 Å². The number of carbonyl (C=O) groups excluding carboxylic acids is 2. The molecule has 1 aliphatic rings. The quantitative estimate of drug-likeness (QED) is 0.116. The molecule has 0 atom stereocenters. The third-order valence-electron chi connectivity index (χ3n) is 7.22. The first kappa shape index (κ1) is 34.0. The number of methoxy groups -OCH3 is 1. The number of Topliss-reactive ketones (excluding diaryl/α,β-unsaturated/α-hetero) is 1. The topological polar surface area (TPSA) is 122 Å². The van der Waals surface area contributed by atoms with Crippen LogP contribution >= 0.6 is 0 Å². The second-order valence-electron chi connectivity index (χ2n) is 12.0. The van der Waals surface area contributed by atoms with Gasteiger partial charge in [-0.3, -0.25) is 14.6 Å². The van der Waals surface area contributed by atoms with Gasteiger partial charge in [-0.2, -0.15) is 0 Å². The van der Waals surface area contributed by atoms with Crippen molar-refractivity contribution in [3.05, 3.63) is 94.9 Å². The lowest BCUT2D eigenvalue weighted by Crippen LogP contribution is -2.77. The highest BCUT2D eigenvalue weighted by atomic mass is 16.5. The summed E-state index contributed by atoms with van der Waals surface area (Å²) >= 11 is 0. The molecule has 0 aromatic heterocycles. The van der Waals surface area contributed by atoms with Gasteiger partial charge in [0, 0.05) is 12.6 Å². The van der Waals surface area contributed by atoms with E-state index in [0.29, 0.717) is 35.6 Å². The number of nitrogens with one attached hydrogen (secondary N) is 1. The lowest BCUT2D eigenvalue weighted by Gasteiger charge is -2.34. The summed E-state index contributed by atoms with van der Waals surface area (Å²) in [7, 11) is 3.26. The van der Waals surface area contributed by atoms with Crippen LogP contribution in [0.1, 0.15) is 63.9 Å². The van der Waals surface area contributed by atoms with Gasteiger partial charge in [0.25, 0.3) is 6.47 Å². The van der Waals surface area contributed by atoms with E-state index in [1.807, 2.05) is 26.8 Å². The van der Waals surface area contributed by atoms with Crippen molar-refractivity contribution in [2.45, 2.75) is 59.0 Å². The van der Waals surface area contributed by atoms with Crippen LogP contribution < -0.4 is 15.8 Å². The molecule has 0 spiro atoms. The number of fused-ring (bicyclic) bond motifs is 1. The Morgan fingerprint density at radius 2 is 1.68 bits per heavy atom. The Kier molecular flexibility index (Phi) is 11.1. The summed E-state index contributed by atoms with van der Waals surface area (Å²) in [4.78, 5) is 34.1. The third-order valence-corrected chi connectivity index (χ3v) is 7.22. The van der Waals surface area contributed by atoms with Gasteiger partial charge >= 0.3 is 5.97 Å². The van der Waals surface area contributed by atoms with Crippen molar-refractivity contribution in [3.8, 4) is 0 Å². The number of anilines is 1. The minimum atomic E-state index is -1.00. The number of nitrogens with two attached hydrogens (primary N) is 1. The number of carboxylic acids is 1. The van der Waals surface area contributed by atoms with Crippen LogP contribution in [0.2, 0.25) is 0 Å². The van der Waals surface area contributed by atoms with Crippen molar-refractivity contribution >= 4 is 40.4 Å². The molecule has 4 N–H and O–H groups in total. The van der Waals surface area contributed by atoms with Crippen LogP contribution in [0.15, 0.2) is 83.8 Å². The van der Waals surface area contributed by atoms with Crippen LogP contribution in [0.3, 0.4) is 0 Å². The number of allylic oxidation sites excluding steroid dienone is 3. The van der Waals surface area contributed by atoms with Crippen LogP contribution in [0, 0.1) is 0 Å². The maximum absolute atomic E-state index is 13.3. The maximum atomic E-state index is 13.3. The second kappa shape index (κ2) is 14.3. The highest BCUT2D eigenvalue weighted by molar-refractivity contribution is 6.21. The molecular weight excluding hydrogens is 558 g/mol. The van der Waals surface area contributed by atoms with E-state index in [0.717, 1.165) is 6.54 Å². The summed E-state index contributed by atoms with van der Waals surface area (Å²) < 4.78 is 10.2. The molecule has 0 heterocycles. The monoisotopic (exact) mass is 602 g/mol. The Bertz CT molecular complexity index is 1570. The molecule has 0 aliphatic heterocycles. The number of hydrazine groups is 1. The molecule has 0 saturated carbocycles. The lowest BCUT2D eigenvalue weighted by molar-refractivity contribution is -0.568. The second-order valence-corrected chi connectivity index (χ2v) is 12.0. The van der Waals surface area contributed by atoms with Crippen LogP contribution in [-0.4, -0.2) is 49.6 Å². The maximum Gasteiger partial charge on any atom is 0.335 e. The van der Waals surface area contributed by atoms with Crippen LogP contribution in [0.5, 0.6) is 0 Å². The Labute approximate surface area is 259 Å². The van der Waals surface area contributed by atoms with E-state index >= 15 is 0 Å². The minimum absolute atomic E-state index is 0.123. The summed E-state index contributed by atoms with van der Waals surface area (Å²) in [5, 5.41) is 15.5. The lowest BCUT2D eigenvalue weighted by atomic mass is 9.76. The molecule has 0 saturated heterocycles.